The Balaban J connectivity index is 2.85. The Kier molecular flexibility index (Phi) is 5.77. The number of para-hydroxylation sites is 1. The van der Waals surface area contributed by atoms with Crippen molar-refractivity contribution in [3.63, 3.8) is 0 Å². The lowest BCUT2D eigenvalue weighted by Gasteiger charge is -2.14. The number of nitrogens with zero attached hydrogens (tertiary/aromatic N) is 1. The monoisotopic (exact) mass is 319 g/mol. The van der Waals surface area contributed by atoms with Crippen LogP contribution in [0.15, 0.2) is 22.7 Å². The topological polar surface area (TPSA) is 52.4 Å². The van der Waals surface area contributed by atoms with Crippen molar-refractivity contribution in [2.24, 2.45) is 5.92 Å². The third kappa shape index (κ3) is 3.89. The molecule has 0 heterocycles. The van der Waals surface area contributed by atoms with Gasteiger partial charge in [0.05, 0.1) is 16.0 Å². The van der Waals surface area contributed by atoms with Crippen LogP contribution in [0, 0.1) is 16.0 Å². The molecule has 0 amide bonds. The second kappa shape index (κ2) is 6.86. The zero-order valence-corrected chi connectivity index (χ0v) is 11.9. The number of hydrogen-bond donors (Lipinski definition) is 1. The van der Waals surface area contributed by atoms with E-state index in [0.29, 0.717) is 22.8 Å². The van der Waals surface area contributed by atoms with Crippen molar-refractivity contribution in [2.75, 3.05) is 12.4 Å². The Morgan fingerprint density at radius 1 is 1.59 bits per heavy atom. The number of rotatable bonds is 6. The molecule has 0 aromatic heterocycles. The Hall–Kier alpha value is -0.750. The molecule has 4 nitrogen and oxygen atoms in total. The molecule has 1 unspecified atom stereocenters. The van der Waals surface area contributed by atoms with Crippen LogP contribution in [0.4, 0.5) is 5.69 Å². The van der Waals surface area contributed by atoms with E-state index < -0.39 is 4.92 Å². The highest BCUT2D eigenvalue weighted by atomic mass is 79.9. The molecular formula is C11H14BrNO3S. The van der Waals surface area contributed by atoms with Crippen molar-refractivity contribution >= 4 is 34.2 Å². The van der Waals surface area contributed by atoms with Gasteiger partial charge >= 0.3 is 5.69 Å². The van der Waals surface area contributed by atoms with Gasteiger partial charge in [-0.05, 0) is 34.2 Å². The number of thiol groups is 1. The summed E-state index contributed by atoms with van der Waals surface area (Å²) < 4.78 is 6.13. The molecule has 17 heavy (non-hydrogen) atoms. The largest absolute Gasteiger partial charge is 0.486 e. The van der Waals surface area contributed by atoms with Gasteiger partial charge in [0.1, 0.15) is 0 Å². The van der Waals surface area contributed by atoms with Crippen LogP contribution < -0.4 is 4.74 Å². The lowest BCUT2D eigenvalue weighted by molar-refractivity contribution is -0.386. The first kappa shape index (κ1) is 14.3. The highest BCUT2D eigenvalue weighted by molar-refractivity contribution is 9.10. The van der Waals surface area contributed by atoms with E-state index >= 15 is 0 Å². The van der Waals surface area contributed by atoms with E-state index in [1.54, 1.807) is 12.1 Å². The van der Waals surface area contributed by atoms with Gasteiger partial charge in [-0.25, -0.2) is 0 Å². The van der Waals surface area contributed by atoms with Gasteiger partial charge in [-0.15, -0.1) is 0 Å². The zero-order valence-electron chi connectivity index (χ0n) is 9.43. The molecule has 0 bridgehead atoms. The second-order valence-electron chi connectivity index (χ2n) is 3.61. The van der Waals surface area contributed by atoms with Gasteiger partial charge in [-0.1, -0.05) is 13.0 Å². The van der Waals surface area contributed by atoms with E-state index in [-0.39, 0.29) is 11.4 Å². The first-order valence-corrected chi connectivity index (χ1v) is 6.69. The number of halogens is 1. The zero-order chi connectivity index (χ0) is 12.8. The summed E-state index contributed by atoms with van der Waals surface area (Å²) in [6.45, 7) is 2.47. The summed E-state index contributed by atoms with van der Waals surface area (Å²) in [6.07, 6.45) is 0.932. The van der Waals surface area contributed by atoms with Crippen LogP contribution in [0.5, 0.6) is 5.75 Å². The van der Waals surface area contributed by atoms with Crippen molar-refractivity contribution in [3.8, 4) is 5.75 Å². The maximum absolute atomic E-state index is 10.8. The molecule has 0 saturated carbocycles. The fourth-order valence-corrected chi connectivity index (χ4v) is 2.12. The van der Waals surface area contributed by atoms with Gasteiger partial charge in [0, 0.05) is 12.0 Å². The summed E-state index contributed by atoms with van der Waals surface area (Å²) in [7, 11) is 0. The Morgan fingerprint density at radius 3 is 2.82 bits per heavy atom. The van der Waals surface area contributed by atoms with E-state index in [4.69, 9.17) is 4.74 Å². The van der Waals surface area contributed by atoms with E-state index in [0.717, 1.165) is 6.42 Å². The summed E-state index contributed by atoms with van der Waals surface area (Å²) in [5.41, 5.74) is -0.0200. The van der Waals surface area contributed by atoms with E-state index in [2.05, 4.69) is 28.6 Å². The maximum atomic E-state index is 10.8. The van der Waals surface area contributed by atoms with Gasteiger partial charge in [0.25, 0.3) is 0 Å². The molecule has 6 heteroatoms. The minimum atomic E-state index is -0.443. The third-order valence-electron chi connectivity index (χ3n) is 2.44. The van der Waals surface area contributed by atoms with Gasteiger partial charge < -0.3 is 4.74 Å². The molecular weight excluding hydrogens is 306 g/mol. The van der Waals surface area contributed by atoms with Gasteiger partial charge in [0.2, 0.25) is 5.75 Å². The molecule has 1 atom stereocenters. The van der Waals surface area contributed by atoms with E-state index in [1.807, 2.05) is 6.92 Å². The molecule has 0 aliphatic rings. The van der Waals surface area contributed by atoms with Crippen molar-refractivity contribution in [1.29, 1.82) is 0 Å². The number of hydrogen-bond acceptors (Lipinski definition) is 4. The van der Waals surface area contributed by atoms with Crippen LogP contribution in [0.2, 0.25) is 0 Å². The lowest BCUT2D eigenvalue weighted by atomic mass is 10.1. The smallest absolute Gasteiger partial charge is 0.312 e. The molecule has 0 N–H and O–H groups in total. The number of nitro groups is 1. The minimum absolute atomic E-state index is 0.0200. The molecule has 1 aromatic rings. The highest BCUT2D eigenvalue weighted by Gasteiger charge is 2.18. The first-order chi connectivity index (χ1) is 8.10. The van der Waals surface area contributed by atoms with Crippen molar-refractivity contribution in [3.05, 3.63) is 32.8 Å². The standard InChI is InChI=1S/C11H14BrNO3S/c1-2-8(7-17)6-16-11-9(12)4-3-5-10(11)13(14)15/h3-5,8,17H,2,6-7H2,1H3. The summed E-state index contributed by atoms with van der Waals surface area (Å²) in [5.74, 6) is 1.29. The summed E-state index contributed by atoms with van der Waals surface area (Å²) in [4.78, 5) is 10.4. The maximum Gasteiger partial charge on any atom is 0.312 e. The third-order valence-corrected chi connectivity index (χ3v) is 3.58. The predicted molar refractivity (Wildman–Crippen MR) is 73.9 cm³/mol. The Bertz CT molecular complexity index is 396. The van der Waals surface area contributed by atoms with E-state index in [1.165, 1.54) is 6.07 Å². The average molecular weight is 320 g/mol. The quantitative estimate of drug-likeness (QED) is 0.494. The van der Waals surface area contributed by atoms with Crippen molar-refractivity contribution in [1.82, 2.24) is 0 Å². The highest BCUT2D eigenvalue weighted by Crippen LogP contribution is 2.35. The molecule has 0 aliphatic carbocycles. The fraction of sp³-hybridized carbons (Fsp3) is 0.455. The Morgan fingerprint density at radius 2 is 2.29 bits per heavy atom. The first-order valence-electron chi connectivity index (χ1n) is 5.26. The normalized spacial score (nSPS) is 12.2. The molecule has 0 fully saturated rings. The molecule has 0 radical (unpaired) electrons. The Labute approximate surface area is 114 Å². The molecule has 94 valence electrons. The summed E-state index contributed by atoms with van der Waals surface area (Å²) in [5, 5.41) is 10.8. The van der Waals surface area contributed by atoms with Gasteiger partial charge in [-0.2, -0.15) is 12.6 Å². The SMILES string of the molecule is CCC(CS)COc1c(Br)cccc1[N+](=O)[O-]. The summed E-state index contributed by atoms with van der Waals surface area (Å²) >= 11 is 7.47. The molecule has 1 rings (SSSR count). The van der Waals surface area contributed by atoms with Crippen LogP contribution >= 0.6 is 28.6 Å². The molecule has 1 aromatic carbocycles. The van der Waals surface area contributed by atoms with Crippen molar-refractivity contribution in [2.45, 2.75) is 13.3 Å². The van der Waals surface area contributed by atoms with Crippen LogP contribution in [-0.4, -0.2) is 17.3 Å². The average Bonchev–Trinajstić information content (AvgIpc) is 2.31. The number of nitro benzene ring substituents is 1. The van der Waals surface area contributed by atoms with Crippen LogP contribution in [0.1, 0.15) is 13.3 Å². The van der Waals surface area contributed by atoms with Crippen molar-refractivity contribution < 1.29 is 9.66 Å². The molecule has 0 spiro atoms. The van der Waals surface area contributed by atoms with Gasteiger partial charge in [0.15, 0.2) is 0 Å². The fourth-order valence-electron chi connectivity index (χ4n) is 1.28. The molecule has 0 saturated heterocycles. The minimum Gasteiger partial charge on any atom is -0.486 e. The number of ether oxygens (including phenoxy) is 1. The lowest BCUT2D eigenvalue weighted by Crippen LogP contribution is -2.13. The number of benzene rings is 1. The molecule has 0 aliphatic heterocycles. The van der Waals surface area contributed by atoms with Gasteiger partial charge in [-0.3, -0.25) is 10.1 Å². The van der Waals surface area contributed by atoms with Crippen LogP contribution in [0.25, 0.3) is 0 Å². The summed E-state index contributed by atoms with van der Waals surface area (Å²) in [6, 6.07) is 4.77. The predicted octanol–water partition coefficient (Wildman–Crippen LogP) is 3.69. The van der Waals surface area contributed by atoms with Crippen LogP contribution in [-0.2, 0) is 0 Å². The van der Waals surface area contributed by atoms with E-state index in [9.17, 15) is 10.1 Å². The van der Waals surface area contributed by atoms with Crippen LogP contribution in [0.3, 0.4) is 0 Å². The second-order valence-corrected chi connectivity index (χ2v) is 4.83.